The number of benzene rings is 1. The minimum Gasteiger partial charge on any atom is -0.381 e. The molecule has 118 valence electrons. The molecular weight excluding hydrogens is 355 g/mol. The van der Waals surface area contributed by atoms with Crippen molar-refractivity contribution in [3.05, 3.63) is 28.0 Å². The first-order valence-electron chi connectivity index (χ1n) is 7.23. The van der Waals surface area contributed by atoms with Crippen LogP contribution in [-0.4, -0.2) is 31.1 Å². The van der Waals surface area contributed by atoms with E-state index in [9.17, 15) is 14.0 Å². The number of nitrogens with one attached hydrogen (secondary N) is 2. The molecular formula is C15H16BrFN2O3. The first-order valence-corrected chi connectivity index (χ1v) is 8.02. The molecule has 1 saturated carbocycles. The van der Waals surface area contributed by atoms with E-state index in [4.69, 9.17) is 4.74 Å². The maximum atomic E-state index is 13.6. The molecule has 0 aromatic heterocycles. The van der Waals surface area contributed by atoms with Crippen LogP contribution in [0.1, 0.15) is 29.6 Å². The van der Waals surface area contributed by atoms with E-state index in [0.29, 0.717) is 29.8 Å². The largest absolute Gasteiger partial charge is 0.381 e. The van der Waals surface area contributed by atoms with Gasteiger partial charge < -0.3 is 15.4 Å². The van der Waals surface area contributed by atoms with Crippen LogP contribution in [0.4, 0.5) is 10.1 Å². The van der Waals surface area contributed by atoms with Crippen LogP contribution in [0.5, 0.6) is 0 Å². The van der Waals surface area contributed by atoms with E-state index in [-0.39, 0.29) is 29.3 Å². The predicted molar refractivity (Wildman–Crippen MR) is 82.1 cm³/mol. The fraction of sp³-hybridized carbons (Fsp3) is 0.467. The average Bonchev–Trinajstić information content (AvgIpc) is 3.11. The van der Waals surface area contributed by atoms with Crippen molar-refractivity contribution in [3.63, 3.8) is 0 Å². The quantitative estimate of drug-likeness (QED) is 0.855. The molecule has 2 amide bonds. The first kappa shape index (κ1) is 15.4. The van der Waals surface area contributed by atoms with E-state index < -0.39 is 5.82 Å². The number of halogens is 2. The van der Waals surface area contributed by atoms with Crippen molar-refractivity contribution in [2.24, 2.45) is 5.92 Å². The van der Waals surface area contributed by atoms with E-state index in [0.717, 1.165) is 18.9 Å². The molecule has 3 rings (SSSR count). The standard InChI is InChI=1S/C15H16BrFN2O3/c16-12-6-9(17)5-11(15(21)18-10-1-2-10)13(12)19-14(20)8-3-4-22-7-8/h5-6,8,10H,1-4,7H2,(H,18,21)(H,19,20)/t8-/m1/s1. The summed E-state index contributed by atoms with van der Waals surface area (Å²) in [6.45, 7) is 0.923. The highest BCUT2D eigenvalue weighted by Gasteiger charge is 2.28. The smallest absolute Gasteiger partial charge is 0.253 e. The van der Waals surface area contributed by atoms with E-state index in [1.54, 1.807) is 0 Å². The normalized spacial score (nSPS) is 20.7. The Morgan fingerprint density at radius 2 is 2.05 bits per heavy atom. The topological polar surface area (TPSA) is 67.4 Å². The Bertz CT molecular complexity index is 613. The Morgan fingerprint density at radius 3 is 2.68 bits per heavy atom. The summed E-state index contributed by atoms with van der Waals surface area (Å²) in [6.07, 6.45) is 2.51. The van der Waals surface area contributed by atoms with Crippen LogP contribution >= 0.6 is 15.9 Å². The number of rotatable bonds is 4. The van der Waals surface area contributed by atoms with Crippen LogP contribution in [0.15, 0.2) is 16.6 Å². The lowest BCUT2D eigenvalue weighted by molar-refractivity contribution is -0.119. The summed E-state index contributed by atoms with van der Waals surface area (Å²) in [5, 5.41) is 5.53. The van der Waals surface area contributed by atoms with Crippen molar-refractivity contribution in [3.8, 4) is 0 Å². The van der Waals surface area contributed by atoms with Gasteiger partial charge in [0.25, 0.3) is 5.91 Å². The third-order valence-corrected chi connectivity index (χ3v) is 4.39. The second kappa shape index (κ2) is 6.34. The Hall–Kier alpha value is -1.47. The molecule has 1 atom stereocenters. The van der Waals surface area contributed by atoms with Crippen molar-refractivity contribution < 1.29 is 18.7 Å². The Labute approximate surface area is 135 Å². The summed E-state index contributed by atoms with van der Waals surface area (Å²) >= 11 is 3.22. The lowest BCUT2D eigenvalue weighted by atomic mass is 10.1. The number of anilines is 1. The number of hydrogen-bond donors (Lipinski definition) is 2. The van der Waals surface area contributed by atoms with Gasteiger partial charge in [-0.3, -0.25) is 9.59 Å². The van der Waals surface area contributed by atoms with Crippen LogP contribution in [0, 0.1) is 11.7 Å². The molecule has 1 saturated heterocycles. The summed E-state index contributed by atoms with van der Waals surface area (Å²) in [6, 6.07) is 2.53. The van der Waals surface area contributed by atoms with E-state index in [1.165, 1.54) is 6.07 Å². The molecule has 0 unspecified atom stereocenters. The molecule has 1 aliphatic heterocycles. The Morgan fingerprint density at radius 1 is 1.27 bits per heavy atom. The molecule has 2 N–H and O–H groups in total. The van der Waals surface area contributed by atoms with Gasteiger partial charge in [0.2, 0.25) is 5.91 Å². The van der Waals surface area contributed by atoms with Gasteiger partial charge in [0.15, 0.2) is 0 Å². The van der Waals surface area contributed by atoms with Crippen molar-refractivity contribution in [1.82, 2.24) is 5.32 Å². The van der Waals surface area contributed by atoms with E-state index >= 15 is 0 Å². The van der Waals surface area contributed by atoms with Crippen molar-refractivity contribution in [2.45, 2.75) is 25.3 Å². The lowest BCUT2D eigenvalue weighted by Gasteiger charge is -2.15. The lowest BCUT2D eigenvalue weighted by Crippen LogP contribution is -2.29. The van der Waals surface area contributed by atoms with Crippen LogP contribution < -0.4 is 10.6 Å². The predicted octanol–water partition coefficient (Wildman–Crippen LogP) is 2.46. The second-order valence-electron chi connectivity index (χ2n) is 5.61. The average molecular weight is 371 g/mol. The zero-order chi connectivity index (χ0) is 15.7. The summed E-state index contributed by atoms with van der Waals surface area (Å²) in [5.74, 6) is -1.36. The highest BCUT2D eigenvalue weighted by molar-refractivity contribution is 9.10. The van der Waals surface area contributed by atoms with E-state index in [1.807, 2.05) is 0 Å². The highest BCUT2D eigenvalue weighted by atomic mass is 79.9. The summed E-state index contributed by atoms with van der Waals surface area (Å²) in [4.78, 5) is 24.5. The minimum absolute atomic E-state index is 0.131. The van der Waals surface area contributed by atoms with Crippen LogP contribution in [-0.2, 0) is 9.53 Å². The third-order valence-electron chi connectivity index (χ3n) is 3.76. The minimum atomic E-state index is -0.532. The Kier molecular flexibility index (Phi) is 4.44. The summed E-state index contributed by atoms with van der Waals surface area (Å²) < 4.78 is 19.2. The SMILES string of the molecule is O=C(NC1CC1)c1cc(F)cc(Br)c1NC(=O)[C@@H]1CCOC1. The third kappa shape index (κ3) is 3.47. The molecule has 0 bridgehead atoms. The van der Waals surface area contributed by atoms with Gasteiger partial charge in [-0.25, -0.2) is 4.39 Å². The monoisotopic (exact) mass is 370 g/mol. The molecule has 1 aliphatic carbocycles. The fourth-order valence-corrected chi connectivity index (χ4v) is 2.87. The molecule has 7 heteroatoms. The fourth-order valence-electron chi connectivity index (χ4n) is 2.34. The first-order chi connectivity index (χ1) is 10.5. The molecule has 1 aromatic carbocycles. The Balaban J connectivity index is 1.84. The van der Waals surface area contributed by atoms with Crippen LogP contribution in [0.2, 0.25) is 0 Å². The molecule has 2 fully saturated rings. The van der Waals surface area contributed by atoms with Crippen molar-refractivity contribution >= 4 is 33.4 Å². The molecule has 1 aromatic rings. The molecule has 2 aliphatic rings. The van der Waals surface area contributed by atoms with Gasteiger partial charge in [-0.15, -0.1) is 0 Å². The maximum absolute atomic E-state index is 13.6. The molecule has 5 nitrogen and oxygen atoms in total. The summed E-state index contributed by atoms with van der Waals surface area (Å²) in [5.41, 5.74) is 0.433. The number of hydrogen-bond acceptors (Lipinski definition) is 3. The number of ether oxygens (including phenoxy) is 1. The maximum Gasteiger partial charge on any atom is 0.253 e. The van der Waals surface area contributed by atoms with Gasteiger partial charge in [0.1, 0.15) is 5.82 Å². The zero-order valence-electron chi connectivity index (χ0n) is 11.8. The molecule has 0 spiro atoms. The van der Waals surface area contributed by atoms with Crippen molar-refractivity contribution in [1.29, 1.82) is 0 Å². The molecule has 0 radical (unpaired) electrons. The summed E-state index contributed by atoms with van der Waals surface area (Å²) in [7, 11) is 0. The second-order valence-corrected chi connectivity index (χ2v) is 6.46. The van der Waals surface area contributed by atoms with Crippen LogP contribution in [0.3, 0.4) is 0 Å². The molecule has 1 heterocycles. The van der Waals surface area contributed by atoms with Gasteiger partial charge in [-0.1, -0.05) is 0 Å². The van der Waals surface area contributed by atoms with Gasteiger partial charge in [0, 0.05) is 17.1 Å². The molecule has 22 heavy (non-hydrogen) atoms. The highest BCUT2D eigenvalue weighted by Crippen LogP contribution is 2.30. The number of carbonyl (C=O) groups is 2. The van der Waals surface area contributed by atoms with E-state index in [2.05, 4.69) is 26.6 Å². The van der Waals surface area contributed by atoms with Gasteiger partial charge >= 0.3 is 0 Å². The van der Waals surface area contributed by atoms with Crippen LogP contribution in [0.25, 0.3) is 0 Å². The van der Waals surface area contributed by atoms with Crippen molar-refractivity contribution in [2.75, 3.05) is 18.5 Å². The van der Waals surface area contributed by atoms with Gasteiger partial charge in [-0.05, 0) is 47.3 Å². The number of amides is 2. The van der Waals surface area contributed by atoms with Gasteiger partial charge in [0.05, 0.1) is 23.8 Å². The van der Waals surface area contributed by atoms with Gasteiger partial charge in [-0.2, -0.15) is 0 Å². The zero-order valence-corrected chi connectivity index (χ0v) is 13.4. The number of carbonyl (C=O) groups excluding carboxylic acids is 2.